The predicted octanol–water partition coefficient (Wildman–Crippen LogP) is 2.28. The molecule has 1 aliphatic heterocycles. The van der Waals surface area contributed by atoms with Crippen molar-refractivity contribution in [1.82, 2.24) is 20.4 Å². The molecule has 0 spiro atoms. The molecule has 26 heavy (non-hydrogen) atoms. The van der Waals surface area contributed by atoms with E-state index in [4.69, 9.17) is 9.26 Å². The number of carbonyl (C=O) groups is 2. The van der Waals surface area contributed by atoms with Gasteiger partial charge >= 0.3 is 6.09 Å². The molecule has 0 radical (unpaired) electrons. The monoisotopic (exact) mass is 358 g/mol. The number of hydrogen-bond donors (Lipinski definition) is 1. The second-order valence-electron chi connectivity index (χ2n) is 6.23. The summed E-state index contributed by atoms with van der Waals surface area (Å²) in [6, 6.07) is 7.10. The van der Waals surface area contributed by atoms with Crippen molar-refractivity contribution in [2.24, 2.45) is 0 Å². The maximum Gasteiger partial charge on any atom is 0.410 e. The van der Waals surface area contributed by atoms with Crippen LogP contribution in [0.5, 0.6) is 0 Å². The van der Waals surface area contributed by atoms with Crippen LogP contribution >= 0.6 is 0 Å². The van der Waals surface area contributed by atoms with Gasteiger partial charge in [0.25, 0.3) is 0 Å². The summed E-state index contributed by atoms with van der Waals surface area (Å²) in [5.74, 6) is 0.890. The number of ether oxygens (including phenoxy) is 1. The summed E-state index contributed by atoms with van der Waals surface area (Å²) in [7, 11) is 1.33. The number of nitrogens with zero attached hydrogens (tertiary/aromatic N) is 3. The minimum atomic E-state index is -0.474. The quantitative estimate of drug-likeness (QED) is 0.900. The Balaban J connectivity index is 1.59. The Bertz CT molecular complexity index is 772. The van der Waals surface area contributed by atoms with Gasteiger partial charge in [-0.15, -0.1) is 0 Å². The Labute approximate surface area is 151 Å². The molecule has 0 saturated carbocycles. The van der Waals surface area contributed by atoms with E-state index in [1.54, 1.807) is 6.92 Å². The fraction of sp³-hybridized carbons (Fsp3) is 0.444. The van der Waals surface area contributed by atoms with Gasteiger partial charge in [0.05, 0.1) is 7.11 Å². The smallest absolute Gasteiger partial charge is 0.410 e. The molecule has 1 aromatic carbocycles. The Morgan fingerprint density at radius 3 is 2.73 bits per heavy atom. The topological polar surface area (TPSA) is 97.6 Å². The minimum Gasteiger partial charge on any atom is -0.453 e. The number of likely N-dealkylation sites (tertiary alicyclic amines) is 1. The number of methoxy groups -OCH3 is 1. The molecule has 1 aliphatic rings. The van der Waals surface area contributed by atoms with Crippen molar-refractivity contribution in [3.05, 3.63) is 35.7 Å². The molecule has 8 nitrogen and oxygen atoms in total. The van der Waals surface area contributed by atoms with Crippen molar-refractivity contribution in [2.45, 2.75) is 38.8 Å². The zero-order chi connectivity index (χ0) is 18.5. The van der Waals surface area contributed by atoms with Gasteiger partial charge in [0.15, 0.2) is 0 Å². The van der Waals surface area contributed by atoms with Gasteiger partial charge in [0.1, 0.15) is 6.04 Å². The normalized spacial score (nSPS) is 17.0. The molecular formula is C18H22N4O4. The SMILES string of the molecule is COC(=O)N1CCCCC1C(=O)NCc1ccc(-c2noc(C)n2)cc1. The second-order valence-corrected chi connectivity index (χ2v) is 6.23. The number of nitrogens with one attached hydrogen (secondary N) is 1. The number of aryl methyl sites for hydroxylation is 1. The number of hydrogen-bond acceptors (Lipinski definition) is 6. The van der Waals surface area contributed by atoms with Gasteiger partial charge in [0, 0.05) is 25.6 Å². The Morgan fingerprint density at radius 1 is 1.31 bits per heavy atom. The van der Waals surface area contributed by atoms with Crippen LogP contribution in [0.1, 0.15) is 30.7 Å². The van der Waals surface area contributed by atoms with Gasteiger partial charge in [0.2, 0.25) is 17.6 Å². The molecular weight excluding hydrogens is 336 g/mol. The van der Waals surface area contributed by atoms with E-state index < -0.39 is 12.1 Å². The summed E-state index contributed by atoms with van der Waals surface area (Å²) >= 11 is 0. The van der Waals surface area contributed by atoms with Crippen molar-refractivity contribution in [3.8, 4) is 11.4 Å². The molecule has 2 amide bonds. The maximum absolute atomic E-state index is 12.5. The lowest BCUT2D eigenvalue weighted by Crippen LogP contribution is -2.51. The van der Waals surface area contributed by atoms with Crippen LogP contribution in [0.4, 0.5) is 4.79 Å². The molecule has 1 N–H and O–H groups in total. The standard InChI is InChI=1S/C18H22N4O4/c1-12-20-16(21-26-12)14-8-6-13(7-9-14)11-19-17(23)15-5-3-4-10-22(15)18(24)25-2/h6-9,15H,3-5,10-11H2,1-2H3,(H,19,23). The molecule has 1 unspecified atom stereocenters. The third kappa shape index (κ3) is 4.01. The van der Waals surface area contributed by atoms with E-state index in [0.29, 0.717) is 31.2 Å². The largest absolute Gasteiger partial charge is 0.453 e. The van der Waals surface area contributed by atoms with E-state index in [-0.39, 0.29) is 5.91 Å². The average Bonchev–Trinajstić information content (AvgIpc) is 3.12. The maximum atomic E-state index is 12.5. The Kier molecular flexibility index (Phi) is 5.50. The summed E-state index contributed by atoms with van der Waals surface area (Å²) in [6.45, 7) is 2.67. The molecule has 0 aliphatic carbocycles. The lowest BCUT2D eigenvalue weighted by atomic mass is 10.0. The van der Waals surface area contributed by atoms with E-state index in [0.717, 1.165) is 24.0 Å². The van der Waals surface area contributed by atoms with Crippen LogP contribution in [0.25, 0.3) is 11.4 Å². The van der Waals surface area contributed by atoms with Gasteiger partial charge in [-0.25, -0.2) is 4.79 Å². The number of amides is 2. The Hall–Kier alpha value is -2.90. The van der Waals surface area contributed by atoms with Crippen LogP contribution in [0.3, 0.4) is 0 Å². The van der Waals surface area contributed by atoms with Crippen molar-refractivity contribution < 1.29 is 18.8 Å². The minimum absolute atomic E-state index is 0.159. The van der Waals surface area contributed by atoms with Gasteiger partial charge in [-0.3, -0.25) is 9.69 Å². The molecule has 138 valence electrons. The van der Waals surface area contributed by atoms with Gasteiger partial charge in [-0.2, -0.15) is 4.98 Å². The highest BCUT2D eigenvalue weighted by Crippen LogP contribution is 2.19. The highest BCUT2D eigenvalue weighted by molar-refractivity contribution is 5.85. The van der Waals surface area contributed by atoms with E-state index in [2.05, 4.69) is 15.5 Å². The summed E-state index contributed by atoms with van der Waals surface area (Å²) < 4.78 is 9.75. The van der Waals surface area contributed by atoms with Crippen LogP contribution in [-0.2, 0) is 16.1 Å². The number of carbonyl (C=O) groups excluding carboxylic acids is 2. The van der Waals surface area contributed by atoms with E-state index >= 15 is 0 Å². The molecule has 3 rings (SSSR count). The predicted molar refractivity (Wildman–Crippen MR) is 93.1 cm³/mol. The second kappa shape index (κ2) is 7.99. The van der Waals surface area contributed by atoms with Crippen LogP contribution < -0.4 is 5.32 Å². The first kappa shape index (κ1) is 17.9. The first-order valence-electron chi connectivity index (χ1n) is 8.60. The molecule has 1 aromatic heterocycles. The van der Waals surface area contributed by atoms with Crippen LogP contribution in [-0.4, -0.2) is 46.7 Å². The zero-order valence-corrected chi connectivity index (χ0v) is 14.9. The summed E-state index contributed by atoms with van der Waals surface area (Å²) in [4.78, 5) is 30.0. The number of aromatic nitrogens is 2. The third-order valence-electron chi connectivity index (χ3n) is 4.42. The number of benzene rings is 1. The molecule has 2 aromatic rings. The van der Waals surface area contributed by atoms with Crippen LogP contribution in [0, 0.1) is 6.92 Å². The lowest BCUT2D eigenvalue weighted by Gasteiger charge is -2.33. The number of piperidine rings is 1. The van der Waals surface area contributed by atoms with Crippen LogP contribution in [0.2, 0.25) is 0 Å². The molecule has 0 bridgehead atoms. The lowest BCUT2D eigenvalue weighted by molar-refractivity contribution is -0.127. The first-order valence-corrected chi connectivity index (χ1v) is 8.60. The van der Waals surface area contributed by atoms with Crippen LogP contribution in [0.15, 0.2) is 28.8 Å². The van der Waals surface area contributed by atoms with E-state index in [1.807, 2.05) is 24.3 Å². The number of rotatable bonds is 4. The van der Waals surface area contributed by atoms with Crippen molar-refractivity contribution in [3.63, 3.8) is 0 Å². The fourth-order valence-electron chi connectivity index (χ4n) is 3.04. The van der Waals surface area contributed by atoms with E-state index in [1.165, 1.54) is 12.0 Å². The molecule has 8 heteroatoms. The summed E-state index contributed by atoms with van der Waals surface area (Å²) in [5.41, 5.74) is 1.80. The summed E-state index contributed by atoms with van der Waals surface area (Å²) in [5, 5.41) is 6.78. The van der Waals surface area contributed by atoms with Crippen molar-refractivity contribution in [1.29, 1.82) is 0 Å². The highest BCUT2D eigenvalue weighted by atomic mass is 16.5. The van der Waals surface area contributed by atoms with Gasteiger partial charge in [-0.1, -0.05) is 29.4 Å². The van der Waals surface area contributed by atoms with Crippen molar-refractivity contribution >= 4 is 12.0 Å². The molecule has 2 heterocycles. The molecule has 1 saturated heterocycles. The fourth-order valence-corrected chi connectivity index (χ4v) is 3.04. The highest BCUT2D eigenvalue weighted by Gasteiger charge is 2.32. The Morgan fingerprint density at radius 2 is 2.08 bits per heavy atom. The van der Waals surface area contributed by atoms with E-state index in [9.17, 15) is 9.59 Å². The first-order chi connectivity index (χ1) is 12.6. The summed E-state index contributed by atoms with van der Waals surface area (Å²) in [6.07, 6.45) is 2.00. The third-order valence-corrected chi connectivity index (χ3v) is 4.42. The molecule has 1 fully saturated rings. The van der Waals surface area contributed by atoms with Crippen molar-refractivity contribution in [2.75, 3.05) is 13.7 Å². The van der Waals surface area contributed by atoms with Gasteiger partial charge in [-0.05, 0) is 24.8 Å². The zero-order valence-electron chi connectivity index (χ0n) is 14.9. The average molecular weight is 358 g/mol. The molecule has 1 atom stereocenters. The van der Waals surface area contributed by atoms with Gasteiger partial charge < -0.3 is 14.6 Å².